The number of amides is 1. The van der Waals surface area contributed by atoms with Crippen LogP contribution in [0.2, 0.25) is 0 Å². The molecule has 2 aliphatic heterocycles. The maximum atomic E-state index is 14.5. The minimum atomic E-state index is -0.656. The van der Waals surface area contributed by atoms with Gasteiger partial charge in [0.25, 0.3) is 5.91 Å². The third-order valence-corrected chi connectivity index (χ3v) is 7.55. The lowest BCUT2D eigenvalue weighted by Gasteiger charge is -2.54. The largest absolute Gasteiger partial charge is 0.299 e. The second kappa shape index (κ2) is 7.08. The van der Waals surface area contributed by atoms with Crippen LogP contribution in [-0.2, 0) is 13.0 Å². The molecule has 2 heterocycles. The van der Waals surface area contributed by atoms with Crippen molar-refractivity contribution in [2.75, 3.05) is 26.2 Å². The zero-order chi connectivity index (χ0) is 19.3. The molecular weight excluding hydrogens is 357 g/mol. The first-order valence-electron chi connectivity index (χ1n) is 10.8. The molecule has 1 amide bonds. The Morgan fingerprint density at radius 1 is 1.21 bits per heavy atom. The first-order chi connectivity index (χ1) is 13.5. The Morgan fingerprint density at radius 3 is 2.64 bits per heavy atom. The smallest absolute Gasteiger partial charge is 0.274 e. The summed E-state index contributed by atoms with van der Waals surface area (Å²) in [6, 6.07) is 3.87. The van der Waals surface area contributed by atoms with E-state index in [1.54, 1.807) is 11.5 Å². The van der Waals surface area contributed by atoms with Crippen molar-refractivity contribution in [2.45, 2.75) is 57.5 Å². The van der Waals surface area contributed by atoms with Crippen LogP contribution in [0.4, 0.5) is 4.39 Å². The average Bonchev–Trinajstić information content (AvgIpc) is 3.51. The summed E-state index contributed by atoms with van der Waals surface area (Å²) in [6.07, 6.45) is 8.92. The zero-order valence-electron chi connectivity index (χ0n) is 16.4. The Labute approximate surface area is 165 Å². The van der Waals surface area contributed by atoms with Crippen LogP contribution in [0.5, 0.6) is 0 Å². The summed E-state index contributed by atoms with van der Waals surface area (Å²) in [5.41, 5.74) is 4.00. The molecule has 5 rings (SSSR count). The van der Waals surface area contributed by atoms with Gasteiger partial charge in [0.15, 0.2) is 0 Å². The van der Waals surface area contributed by atoms with E-state index in [-0.39, 0.29) is 11.4 Å². The number of hydrogen-bond donors (Lipinski definition) is 2. The second-order valence-electron chi connectivity index (χ2n) is 9.60. The van der Waals surface area contributed by atoms with Crippen LogP contribution in [0.15, 0.2) is 12.1 Å². The van der Waals surface area contributed by atoms with E-state index in [4.69, 9.17) is 5.21 Å². The molecule has 2 saturated carbocycles. The third kappa shape index (κ3) is 3.46. The molecular formula is C22H30FN3O2. The van der Waals surface area contributed by atoms with Crippen molar-refractivity contribution in [1.82, 2.24) is 15.3 Å². The molecule has 3 fully saturated rings. The van der Waals surface area contributed by atoms with Crippen LogP contribution in [-0.4, -0.2) is 53.1 Å². The highest BCUT2D eigenvalue weighted by molar-refractivity contribution is 5.93. The molecule has 0 atom stereocenters. The number of hydroxylamine groups is 1. The molecule has 0 radical (unpaired) electrons. The molecule has 6 heteroatoms. The fraction of sp³-hybridized carbons (Fsp3) is 0.682. The maximum Gasteiger partial charge on any atom is 0.274 e. The van der Waals surface area contributed by atoms with Crippen molar-refractivity contribution >= 4 is 5.91 Å². The fourth-order valence-corrected chi connectivity index (χ4v) is 5.69. The summed E-state index contributed by atoms with van der Waals surface area (Å²) in [5, 5.41) is 8.78. The molecule has 0 bridgehead atoms. The maximum absolute atomic E-state index is 14.5. The normalized spacial score (nSPS) is 25.4. The van der Waals surface area contributed by atoms with Crippen LogP contribution in [0.1, 0.15) is 60.0 Å². The van der Waals surface area contributed by atoms with E-state index >= 15 is 0 Å². The number of carbonyl (C=O) groups is 1. The minimum absolute atomic E-state index is 0.186. The van der Waals surface area contributed by atoms with E-state index in [9.17, 15) is 9.18 Å². The Hall–Kier alpha value is -1.50. The fourth-order valence-electron chi connectivity index (χ4n) is 5.69. The van der Waals surface area contributed by atoms with E-state index in [1.165, 1.54) is 57.7 Å². The topological polar surface area (TPSA) is 55.8 Å². The molecule has 152 valence electrons. The summed E-state index contributed by atoms with van der Waals surface area (Å²) in [7, 11) is 0. The molecule has 5 nitrogen and oxygen atoms in total. The highest BCUT2D eigenvalue weighted by Crippen LogP contribution is 2.49. The number of nitrogens with zero attached hydrogens (tertiary/aromatic N) is 2. The molecule has 1 aromatic carbocycles. The Bertz CT molecular complexity index is 763. The number of carbonyl (C=O) groups excluding carboxylic acids is 1. The summed E-state index contributed by atoms with van der Waals surface area (Å²) in [6.45, 7) is 5.25. The van der Waals surface area contributed by atoms with Gasteiger partial charge in [-0.05, 0) is 74.0 Å². The van der Waals surface area contributed by atoms with Gasteiger partial charge < -0.3 is 0 Å². The van der Waals surface area contributed by atoms with E-state index in [0.29, 0.717) is 17.5 Å². The van der Waals surface area contributed by atoms with Crippen molar-refractivity contribution < 1.29 is 14.4 Å². The molecule has 1 spiro atoms. The second-order valence-corrected chi connectivity index (χ2v) is 9.60. The molecule has 1 aromatic rings. The van der Waals surface area contributed by atoms with Crippen LogP contribution in [0.3, 0.4) is 0 Å². The van der Waals surface area contributed by atoms with Crippen LogP contribution in [0, 0.1) is 17.2 Å². The number of fused-ring (bicyclic) bond motifs is 1. The van der Waals surface area contributed by atoms with Crippen LogP contribution >= 0.6 is 0 Å². The summed E-state index contributed by atoms with van der Waals surface area (Å²) in [5.74, 6) is -0.265. The van der Waals surface area contributed by atoms with Crippen molar-refractivity contribution in [3.05, 3.63) is 34.6 Å². The molecule has 0 aromatic heterocycles. The molecule has 4 aliphatic rings. The first-order valence-corrected chi connectivity index (χ1v) is 10.8. The van der Waals surface area contributed by atoms with E-state index in [0.717, 1.165) is 37.0 Å². The van der Waals surface area contributed by atoms with E-state index < -0.39 is 5.91 Å². The van der Waals surface area contributed by atoms with E-state index in [2.05, 4.69) is 9.80 Å². The first kappa shape index (κ1) is 18.5. The zero-order valence-corrected chi connectivity index (χ0v) is 16.4. The average molecular weight is 387 g/mol. The summed E-state index contributed by atoms with van der Waals surface area (Å²) >= 11 is 0. The predicted octanol–water partition coefficient (Wildman–Crippen LogP) is 2.96. The number of halogens is 1. The van der Waals surface area contributed by atoms with Crippen molar-refractivity contribution in [3.8, 4) is 0 Å². The predicted molar refractivity (Wildman–Crippen MR) is 104 cm³/mol. The van der Waals surface area contributed by atoms with Gasteiger partial charge in [-0.2, -0.15) is 0 Å². The number of benzene rings is 1. The van der Waals surface area contributed by atoms with Gasteiger partial charge in [-0.1, -0.05) is 0 Å². The highest BCUT2D eigenvalue weighted by atomic mass is 19.1. The quantitative estimate of drug-likeness (QED) is 0.616. The third-order valence-electron chi connectivity index (χ3n) is 7.55. The summed E-state index contributed by atoms with van der Waals surface area (Å²) < 4.78 is 14.5. The molecule has 28 heavy (non-hydrogen) atoms. The molecule has 1 saturated heterocycles. The Balaban J connectivity index is 1.16. The lowest BCUT2D eigenvalue weighted by molar-refractivity contribution is -0.0461. The monoisotopic (exact) mass is 387 g/mol. The van der Waals surface area contributed by atoms with Crippen molar-refractivity contribution in [2.24, 2.45) is 11.3 Å². The van der Waals surface area contributed by atoms with Gasteiger partial charge >= 0.3 is 0 Å². The van der Waals surface area contributed by atoms with Gasteiger partial charge in [-0.15, -0.1) is 0 Å². The van der Waals surface area contributed by atoms with Gasteiger partial charge in [0, 0.05) is 49.9 Å². The van der Waals surface area contributed by atoms with Gasteiger partial charge in [0.05, 0.1) is 0 Å². The van der Waals surface area contributed by atoms with E-state index in [1.807, 2.05) is 0 Å². The Kier molecular flexibility index (Phi) is 4.68. The lowest BCUT2D eigenvalue weighted by atomic mass is 9.65. The number of likely N-dealkylation sites (tertiary alicyclic amines) is 1. The Morgan fingerprint density at radius 2 is 1.96 bits per heavy atom. The van der Waals surface area contributed by atoms with Crippen LogP contribution < -0.4 is 5.48 Å². The molecule has 2 N–H and O–H groups in total. The minimum Gasteiger partial charge on any atom is -0.299 e. The standard InChI is InChI=1S/C22H30FN3O2/c23-20-10-17(21(27)24-28)9-16-5-8-25(12-19(16)20)11-15-3-6-22(7-4-15)13-26(14-22)18-1-2-18/h9-10,15,18,28H,1-8,11-14H2,(H,24,27). The lowest BCUT2D eigenvalue weighted by Crippen LogP contribution is -2.58. The number of hydrogen-bond acceptors (Lipinski definition) is 4. The van der Waals surface area contributed by atoms with Crippen molar-refractivity contribution in [1.29, 1.82) is 0 Å². The SMILES string of the molecule is O=C(NO)c1cc(F)c2c(c1)CCN(CC1CCC3(CC1)CN(C1CC1)C3)C2. The van der Waals surface area contributed by atoms with Gasteiger partial charge in [-0.25, -0.2) is 9.87 Å². The highest BCUT2D eigenvalue weighted by Gasteiger charge is 2.49. The number of nitrogens with one attached hydrogen (secondary N) is 1. The van der Waals surface area contributed by atoms with Gasteiger partial charge in [0.1, 0.15) is 5.82 Å². The molecule has 0 unspecified atom stereocenters. The molecule has 2 aliphatic carbocycles. The number of rotatable bonds is 4. The van der Waals surface area contributed by atoms with Crippen LogP contribution in [0.25, 0.3) is 0 Å². The van der Waals surface area contributed by atoms with Gasteiger partial charge in [0.2, 0.25) is 0 Å². The van der Waals surface area contributed by atoms with Gasteiger partial charge in [-0.3, -0.25) is 19.8 Å². The summed E-state index contributed by atoms with van der Waals surface area (Å²) in [4.78, 5) is 16.7. The van der Waals surface area contributed by atoms with Crippen molar-refractivity contribution in [3.63, 3.8) is 0 Å².